The lowest BCUT2D eigenvalue weighted by Crippen LogP contribution is -2.32. The predicted octanol–water partition coefficient (Wildman–Crippen LogP) is 1.06. The molecule has 0 fully saturated rings. The van der Waals surface area contributed by atoms with Gasteiger partial charge in [0.2, 0.25) is 5.91 Å². The van der Waals surface area contributed by atoms with Crippen LogP contribution in [0, 0.1) is 17.0 Å². The van der Waals surface area contributed by atoms with Crippen molar-refractivity contribution in [2.75, 3.05) is 6.54 Å². The Hall–Kier alpha value is -2.71. The standard InChI is InChI=1S/C13H18N6O3/c1-10-12(19(21)22)9-18(16-10)11(2)13(20)14-5-3-7-17-8-4-6-15-17/h4,6,8-9,11H,3,5,7H2,1-2H3,(H,14,20). The highest BCUT2D eigenvalue weighted by molar-refractivity contribution is 5.79. The Balaban J connectivity index is 1.84. The van der Waals surface area contributed by atoms with Crippen LogP contribution in [0.4, 0.5) is 5.69 Å². The maximum atomic E-state index is 12.0. The molecule has 1 N–H and O–H groups in total. The molecule has 9 heteroatoms. The number of rotatable bonds is 7. The molecule has 2 rings (SSSR count). The third kappa shape index (κ3) is 3.68. The number of aryl methyl sites for hydroxylation is 2. The van der Waals surface area contributed by atoms with E-state index in [0.29, 0.717) is 18.8 Å². The van der Waals surface area contributed by atoms with Gasteiger partial charge in [-0.3, -0.25) is 24.3 Å². The number of amides is 1. The molecule has 22 heavy (non-hydrogen) atoms. The molecule has 2 heterocycles. The molecule has 0 aliphatic heterocycles. The first-order valence-corrected chi connectivity index (χ1v) is 6.94. The number of carbonyl (C=O) groups is 1. The Bertz CT molecular complexity index is 649. The Labute approximate surface area is 127 Å². The lowest BCUT2D eigenvalue weighted by atomic mass is 10.3. The van der Waals surface area contributed by atoms with Crippen molar-refractivity contribution in [2.45, 2.75) is 32.9 Å². The van der Waals surface area contributed by atoms with Gasteiger partial charge in [-0.25, -0.2) is 0 Å². The van der Waals surface area contributed by atoms with Crippen LogP contribution in [0.1, 0.15) is 25.1 Å². The molecule has 0 saturated heterocycles. The lowest BCUT2D eigenvalue weighted by Gasteiger charge is -2.12. The fourth-order valence-electron chi connectivity index (χ4n) is 2.00. The summed E-state index contributed by atoms with van der Waals surface area (Å²) < 4.78 is 3.10. The van der Waals surface area contributed by atoms with Crippen molar-refractivity contribution < 1.29 is 9.72 Å². The number of nitrogens with zero attached hydrogens (tertiary/aromatic N) is 5. The van der Waals surface area contributed by atoms with Crippen LogP contribution in [0.25, 0.3) is 0 Å². The average molecular weight is 306 g/mol. The van der Waals surface area contributed by atoms with Gasteiger partial charge in [-0.05, 0) is 26.3 Å². The van der Waals surface area contributed by atoms with E-state index in [1.165, 1.54) is 10.9 Å². The summed E-state index contributed by atoms with van der Waals surface area (Å²) in [4.78, 5) is 22.3. The van der Waals surface area contributed by atoms with Crippen molar-refractivity contribution in [2.24, 2.45) is 0 Å². The Morgan fingerprint density at radius 2 is 2.32 bits per heavy atom. The summed E-state index contributed by atoms with van der Waals surface area (Å²) in [6, 6.07) is 1.24. The molecule has 0 aromatic carbocycles. The molecule has 1 unspecified atom stereocenters. The van der Waals surface area contributed by atoms with Crippen LogP contribution in [0.15, 0.2) is 24.7 Å². The zero-order chi connectivity index (χ0) is 16.1. The number of hydrogen-bond donors (Lipinski definition) is 1. The second-order valence-electron chi connectivity index (χ2n) is 4.93. The smallest absolute Gasteiger partial charge is 0.309 e. The Kier molecular flexibility index (Phi) is 4.87. The van der Waals surface area contributed by atoms with Crippen molar-refractivity contribution >= 4 is 11.6 Å². The lowest BCUT2D eigenvalue weighted by molar-refractivity contribution is -0.385. The van der Waals surface area contributed by atoms with Gasteiger partial charge in [-0.2, -0.15) is 10.2 Å². The van der Waals surface area contributed by atoms with Gasteiger partial charge in [0.25, 0.3) is 0 Å². The molecule has 118 valence electrons. The fourth-order valence-corrected chi connectivity index (χ4v) is 2.00. The topological polar surface area (TPSA) is 108 Å². The Morgan fingerprint density at radius 1 is 1.55 bits per heavy atom. The summed E-state index contributed by atoms with van der Waals surface area (Å²) in [7, 11) is 0. The number of aromatic nitrogens is 4. The van der Waals surface area contributed by atoms with Gasteiger partial charge in [0.15, 0.2) is 0 Å². The summed E-state index contributed by atoms with van der Waals surface area (Å²) in [5.74, 6) is -0.224. The van der Waals surface area contributed by atoms with Gasteiger partial charge in [-0.15, -0.1) is 0 Å². The number of nitrogens with one attached hydrogen (secondary N) is 1. The molecule has 0 bridgehead atoms. The summed E-state index contributed by atoms with van der Waals surface area (Å²) in [5.41, 5.74) is 0.210. The van der Waals surface area contributed by atoms with E-state index in [-0.39, 0.29) is 11.6 Å². The number of carbonyl (C=O) groups excluding carboxylic acids is 1. The molecular formula is C13H18N6O3. The van der Waals surface area contributed by atoms with E-state index in [2.05, 4.69) is 15.5 Å². The number of nitro groups is 1. The number of hydrogen-bond acceptors (Lipinski definition) is 5. The van der Waals surface area contributed by atoms with E-state index < -0.39 is 11.0 Å². The summed E-state index contributed by atoms with van der Waals surface area (Å²) in [6.07, 6.45) is 5.59. The van der Waals surface area contributed by atoms with Gasteiger partial charge in [-0.1, -0.05) is 0 Å². The first-order valence-electron chi connectivity index (χ1n) is 6.94. The minimum atomic E-state index is -0.600. The van der Waals surface area contributed by atoms with Crippen LogP contribution in [-0.2, 0) is 11.3 Å². The fraction of sp³-hybridized carbons (Fsp3) is 0.462. The zero-order valence-electron chi connectivity index (χ0n) is 12.5. The second-order valence-corrected chi connectivity index (χ2v) is 4.93. The molecular weight excluding hydrogens is 288 g/mol. The monoisotopic (exact) mass is 306 g/mol. The van der Waals surface area contributed by atoms with Crippen molar-refractivity contribution in [3.05, 3.63) is 40.5 Å². The van der Waals surface area contributed by atoms with E-state index >= 15 is 0 Å². The van der Waals surface area contributed by atoms with Crippen LogP contribution in [-0.4, -0.2) is 36.9 Å². The van der Waals surface area contributed by atoms with Gasteiger partial charge in [0, 0.05) is 25.5 Å². The van der Waals surface area contributed by atoms with Crippen molar-refractivity contribution in [1.82, 2.24) is 24.9 Å². The molecule has 0 spiro atoms. The third-order valence-corrected chi connectivity index (χ3v) is 3.29. The largest absolute Gasteiger partial charge is 0.354 e. The molecule has 0 saturated carbocycles. The van der Waals surface area contributed by atoms with E-state index in [1.807, 2.05) is 12.3 Å². The van der Waals surface area contributed by atoms with Crippen molar-refractivity contribution in [1.29, 1.82) is 0 Å². The normalized spacial score (nSPS) is 12.1. The maximum absolute atomic E-state index is 12.0. The second kappa shape index (κ2) is 6.83. The van der Waals surface area contributed by atoms with E-state index in [0.717, 1.165) is 6.42 Å². The van der Waals surface area contributed by atoms with Gasteiger partial charge < -0.3 is 5.32 Å². The highest BCUT2D eigenvalue weighted by Gasteiger charge is 2.21. The van der Waals surface area contributed by atoms with Gasteiger partial charge in [0.05, 0.1) is 4.92 Å². The minimum Gasteiger partial charge on any atom is -0.354 e. The molecule has 0 aliphatic carbocycles. The molecule has 9 nitrogen and oxygen atoms in total. The first-order chi connectivity index (χ1) is 10.5. The van der Waals surface area contributed by atoms with Crippen LogP contribution >= 0.6 is 0 Å². The van der Waals surface area contributed by atoms with Gasteiger partial charge in [0.1, 0.15) is 17.9 Å². The molecule has 2 aromatic rings. The van der Waals surface area contributed by atoms with Crippen LogP contribution in [0.2, 0.25) is 0 Å². The zero-order valence-corrected chi connectivity index (χ0v) is 12.5. The van der Waals surface area contributed by atoms with E-state index in [4.69, 9.17) is 0 Å². The summed E-state index contributed by atoms with van der Waals surface area (Å²) in [6.45, 7) is 4.42. The molecule has 0 aliphatic rings. The van der Waals surface area contributed by atoms with Crippen LogP contribution < -0.4 is 5.32 Å². The SMILES string of the molecule is Cc1nn(C(C)C(=O)NCCCn2cccn2)cc1[N+](=O)[O-]. The summed E-state index contributed by atoms with van der Waals surface area (Å²) >= 11 is 0. The van der Waals surface area contributed by atoms with E-state index in [1.54, 1.807) is 24.7 Å². The van der Waals surface area contributed by atoms with Crippen LogP contribution in [0.3, 0.4) is 0 Å². The molecule has 0 radical (unpaired) electrons. The molecule has 1 atom stereocenters. The third-order valence-electron chi connectivity index (χ3n) is 3.29. The maximum Gasteiger partial charge on any atom is 0.309 e. The summed E-state index contributed by atoms with van der Waals surface area (Å²) in [5, 5.41) is 21.7. The molecule has 1 amide bonds. The van der Waals surface area contributed by atoms with Crippen LogP contribution in [0.5, 0.6) is 0 Å². The Morgan fingerprint density at radius 3 is 2.91 bits per heavy atom. The quantitative estimate of drug-likeness (QED) is 0.467. The average Bonchev–Trinajstić information content (AvgIpc) is 3.11. The molecule has 2 aromatic heterocycles. The highest BCUT2D eigenvalue weighted by atomic mass is 16.6. The minimum absolute atomic E-state index is 0.0849. The van der Waals surface area contributed by atoms with E-state index in [9.17, 15) is 14.9 Å². The highest BCUT2D eigenvalue weighted by Crippen LogP contribution is 2.18. The van der Waals surface area contributed by atoms with Gasteiger partial charge >= 0.3 is 5.69 Å². The van der Waals surface area contributed by atoms with Crippen molar-refractivity contribution in [3.63, 3.8) is 0 Å². The first kappa shape index (κ1) is 15.7. The predicted molar refractivity (Wildman–Crippen MR) is 78.2 cm³/mol. The van der Waals surface area contributed by atoms with Crippen molar-refractivity contribution in [3.8, 4) is 0 Å².